The highest BCUT2D eigenvalue weighted by atomic mass is 19.1. The number of fused-ring (bicyclic) bond motifs is 1. The molecule has 0 fully saturated rings. The monoisotopic (exact) mass is 433 g/mol. The Bertz CT molecular complexity index is 1370. The molecule has 8 heteroatoms. The van der Waals surface area contributed by atoms with E-state index in [0.29, 0.717) is 40.0 Å². The summed E-state index contributed by atoms with van der Waals surface area (Å²) in [5.41, 5.74) is 3.30. The van der Waals surface area contributed by atoms with Crippen LogP contribution in [0.1, 0.15) is 36.3 Å². The number of nitrogens with one attached hydrogen (secondary N) is 1. The molecule has 4 rings (SSSR count). The minimum atomic E-state index is -0.825. The fraction of sp³-hybridized carbons (Fsp3) is 0.250. The Hall–Kier alpha value is -3.81. The molecule has 0 saturated heterocycles. The van der Waals surface area contributed by atoms with Crippen LogP contribution in [0.25, 0.3) is 16.6 Å². The molecule has 0 radical (unpaired) electrons. The molecule has 2 aromatic heterocycles. The number of amides is 1. The summed E-state index contributed by atoms with van der Waals surface area (Å²) >= 11 is 0. The van der Waals surface area contributed by atoms with Gasteiger partial charge in [0.2, 0.25) is 5.91 Å². The molecule has 164 valence electrons. The number of aromatic nitrogens is 4. The van der Waals surface area contributed by atoms with Crippen molar-refractivity contribution in [2.75, 3.05) is 5.32 Å². The molecule has 2 heterocycles. The van der Waals surface area contributed by atoms with Crippen molar-refractivity contribution < 1.29 is 9.18 Å². The van der Waals surface area contributed by atoms with Crippen molar-refractivity contribution in [2.24, 2.45) is 0 Å². The van der Waals surface area contributed by atoms with Gasteiger partial charge in [-0.2, -0.15) is 10.2 Å². The van der Waals surface area contributed by atoms with Crippen LogP contribution in [0.4, 0.5) is 10.1 Å². The number of nitrogens with zero attached hydrogens (tertiary/aromatic N) is 4. The second-order valence-electron chi connectivity index (χ2n) is 7.76. The van der Waals surface area contributed by atoms with Gasteiger partial charge in [0.25, 0.3) is 5.56 Å². The minimum Gasteiger partial charge on any atom is -0.324 e. The molecule has 2 aromatic carbocycles. The van der Waals surface area contributed by atoms with Crippen LogP contribution in [0.3, 0.4) is 0 Å². The third-order valence-corrected chi connectivity index (χ3v) is 5.57. The first kappa shape index (κ1) is 21.4. The van der Waals surface area contributed by atoms with E-state index in [9.17, 15) is 14.0 Å². The van der Waals surface area contributed by atoms with E-state index in [1.165, 1.54) is 22.9 Å². The van der Waals surface area contributed by atoms with Gasteiger partial charge >= 0.3 is 0 Å². The van der Waals surface area contributed by atoms with E-state index in [1.54, 1.807) is 18.5 Å². The third kappa shape index (κ3) is 3.68. The third-order valence-electron chi connectivity index (χ3n) is 5.57. The van der Waals surface area contributed by atoms with Crippen molar-refractivity contribution in [3.8, 4) is 5.69 Å². The van der Waals surface area contributed by atoms with Crippen molar-refractivity contribution in [2.45, 2.75) is 40.2 Å². The quantitative estimate of drug-likeness (QED) is 0.511. The Morgan fingerprint density at radius 3 is 2.47 bits per heavy atom. The number of para-hydroxylation sites is 1. The average Bonchev–Trinajstić information content (AvgIpc) is 3.13. The van der Waals surface area contributed by atoms with Crippen LogP contribution < -0.4 is 10.9 Å². The molecule has 0 saturated carbocycles. The maximum atomic E-state index is 13.4. The normalized spacial score (nSPS) is 12.2. The molecule has 1 N–H and O–H groups in total. The van der Waals surface area contributed by atoms with E-state index in [2.05, 4.69) is 15.5 Å². The fourth-order valence-corrected chi connectivity index (χ4v) is 3.87. The summed E-state index contributed by atoms with van der Waals surface area (Å²) in [5.74, 6) is -0.763. The summed E-state index contributed by atoms with van der Waals surface area (Å²) in [4.78, 5) is 26.5. The van der Waals surface area contributed by atoms with Gasteiger partial charge in [0.1, 0.15) is 17.4 Å². The summed E-state index contributed by atoms with van der Waals surface area (Å²) in [6, 6.07) is 12.8. The first-order valence-corrected chi connectivity index (χ1v) is 10.4. The molecular weight excluding hydrogens is 409 g/mol. The van der Waals surface area contributed by atoms with E-state index < -0.39 is 6.04 Å². The minimum absolute atomic E-state index is 0.357. The number of hydrogen-bond acceptors (Lipinski definition) is 4. The van der Waals surface area contributed by atoms with Crippen molar-refractivity contribution in [1.29, 1.82) is 0 Å². The lowest BCUT2D eigenvalue weighted by molar-refractivity contribution is -0.119. The highest BCUT2D eigenvalue weighted by Crippen LogP contribution is 2.22. The second kappa shape index (κ2) is 8.37. The van der Waals surface area contributed by atoms with Crippen LogP contribution >= 0.6 is 0 Å². The van der Waals surface area contributed by atoms with Gasteiger partial charge in [-0.15, -0.1) is 0 Å². The van der Waals surface area contributed by atoms with Crippen LogP contribution in [0.15, 0.2) is 53.3 Å². The Labute approximate surface area is 184 Å². The van der Waals surface area contributed by atoms with E-state index in [-0.39, 0.29) is 17.3 Å². The van der Waals surface area contributed by atoms with Gasteiger partial charge in [-0.05, 0) is 63.1 Å². The topological polar surface area (TPSA) is 81.8 Å². The molecule has 0 aliphatic heterocycles. The smallest absolute Gasteiger partial charge is 0.278 e. The van der Waals surface area contributed by atoms with Crippen molar-refractivity contribution in [1.82, 2.24) is 19.6 Å². The number of rotatable bonds is 5. The number of halogens is 1. The van der Waals surface area contributed by atoms with E-state index in [4.69, 9.17) is 0 Å². The van der Waals surface area contributed by atoms with Crippen LogP contribution in [0, 0.1) is 26.6 Å². The molecule has 1 atom stereocenters. The van der Waals surface area contributed by atoms with Crippen molar-refractivity contribution >= 4 is 22.5 Å². The summed E-state index contributed by atoms with van der Waals surface area (Å²) in [6.45, 7) is 7.13. The number of carbonyl (C=O) groups excluding carboxylic acids is 1. The summed E-state index contributed by atoms with van der Waals surface area (Å²) in [7, 11) is 0. The highest BCUT2D eigenvalue weighted by molar-refractivity contribution is 5.94. The van der Waals surface area contributed by atoms with Crippen LogP contribution in [0.2, 0.25) is 0 Å². The molecule has 1 amide bonds. The Balaban J connectivity index is 1.79. The number of anilines is 1. The van der Waals surface area contributed by atoms with E-state index >= 15 is 0 Å². The van der Waals surface area contributed by atoms with E-state index in [1.807, 2.05) is 44.2 Å². The van der Waals surface area contributed by atoms with Gasteiger partial charge < -0.3 is 5.32 Å². The van der Waals surface area contributed by atoms with Gasteiger partial charge in [-0.3, -0.25) is 9.59 Å². The van der Waals surface area contributed by atoms with Crippen molar-refractivity contribution in [3.63, 3.8) is 0 Å². The average molecular weight is 433 g/mol. The van der Waals surface area contributed by atoms with Gasteiger partial charge in [0, 0.05) is 5.69 Å². The van der Waals surface area contributed by atoms with Crippen LogP contribution in [0.5, 0.6) is 0 Å². The van der Waals surface area contributed by atoms with Gasteiger partial charge in [-0.25, -0.2) is 13.8 Å². The number of carbonyl (C=O) groups is 1. The largest absolute Gasteiger partial charge is 0.324 e. The molecule has 0 spiro atoms. The second-order valence-corrected chi connectivity index (χ2v) is 7.76. The van der Waals surface area contributed by atoms with Crippen molar-refractivity contribution in [3.05, 3.63) is 81.7 Å². The zero-order valence-electron chi connectivity index (χ0n) is 18.4. The lowest BCUT2D eigenvalue weighted by Gasteiger charge is -2.18. The predicted octanol–water partition coefficient (Wildman–Crippen LogP) is 4.24. The first-order valence-electron chi connectivity index (χ1n) is 10.4. The molecule has 0 aliphatic carbocycles. The molecule has 0 bridgehead atoms. The van der Waals surface area contributed by atoms with Crippen LogP contribution in [-0.2, 0) is 4.79 Å². The molecule has 4 aromatic rings. The SMILES string of the molecule is CC[C@@H](C(=O)Nc1ccc(F)cc1C)n1nc(C)c2nn(-c3ccccc3)c(C)c2c1=O. The molecule has 0 unspecified atom stereocenters. The fourth-order valence-electron chi connectivity index (χ4n) is 3.87. The molecule has 32 heavy (non-hydrogen) atoms. The lowest BCUT2D eigenvalue weighted by atomic mass is 10.1. The van der Waals surface area contributed by atoms with Gasteiger partial charge in [0.15, 0.2) is 0 Å². The number of aryl methyl sites for hydroxylation is 3. The lowest BCUT2D eigenvalue weighted by Crippen LogP contribution is -2.35. The Morgan fingerprint density at radius 1 is 1.09 bits per heavy atom. The maximum Gasteiger partial charge on any atom is 0.278 e. The molecule has 7 nitrogen and oxygen atoms in total. The number of hydrogen-bond donors (Lipinski definition) is 1. The maximum absolute atomic E-state index is 13.4. The Morgan fingerprint density at radius 2 is 1.81 bits per heavy atom. The predicted molar refractivity (Wildman–Crippen MR) is 122 cm³/mol. The standard InChI is InChI=1S/C24H24FN5O2/c1-5-20(23(31)26-19-12-11-17(25)13-14(19)2)30-24(32)21-16(4)29(18-9-7-6-8-10-18)28-22(21)15(3)27-30/h6-13,20H,5H2,1-4H3,(H,26,31)/t20-/m0/s1. The summed E-state index contributed by atoms with van der Waals surface area (Å²) in [5, 5.41) is 12.3. The zero-order chi connectivity index (χ0) is 23.0. The number of benzene rings is 2. The van der Waals surface area contributed by atoms with Crippen LogP contribution in [-0.4, -0.2) is 25.5 Å². The first-order chi connectivity index (χ1) is 15.3. The molecule has 0 aliphatic rings. The molecular formula is C24H24FN5O2. The summed E-state index contributed by atoms with van der Waals surface area (Å²) < 4.78 is 16.4. The van der Waals surface area contributed by atoms with Gasteiger partial charge in [0.05, 0.1) is 22.5 Å². The zero-order valence-corrected chi connectivity index (χ0v) is 18.4. The van der Waals surface area contributed by atoms with E-state index in [0.717, 1.165) is 5.69 Å². The highest BCUT2D eigenvalue weighted by Gasteiger charge is 2.25. The Kier molecular flexibility index (Phi) is 5.61. The van der Waals surface area contributed by atoms with Gasteiger partial charge in [-0.1, -0.05) is 25.1 Å². The summed E-state index contributed by atoms with van der Waals surface area (Å²) in [6.07, 6.45) is 0.357.